The molecule has 1 fully saturated rings. The topological polar surface area (TPSA) is 49.9 Å². The van der Waals surface area contributed by atoms with Crippen LogP contribution in [0.1, 0.15) is 24.5 Å². The zero-order valence-electron chi connectivity index (χ0n) is 13.9. The van der Waals surface area contributed by atoms with Gasteiger partial charge >= 0.3 is 0 Å². The van der Waals surface area contributed by atoms with Gasteiger partial charge in [-0.1, -0.05) is 55.8 Å². The molecular formula is C19H23NO3S. The fourth-order valence-corrected chi connectivity index (χ4v) is 4.38. The van der Waals surface area contributed by atoms with Gasteiger partial charge in [0.25, 0.3) is 0 Å². The second kappa shape index (κ2) is 7.36. The second-order valence-corrected chi connectivity index (χ2v) is 8.04. The van der Waals surface area contributed by atoms with Crippen molar-refractivity contribution in [2.24, 2.45) is 0 Å². The van der Waals surface area contributed by atoms with E-state index in [1.54, 1.807) is 0 Å². The van der Waals surface area contributed by atoms with Crippen molar-refractivity contribution in [3.8, 4) is 0 Å². The Morgan fingerprint density at radius 1 is 1.08 bits per heavy atom. The maximum absolute atomic E-state index is 13.0. The van der Waals surface area contributed by atoms with Crippen LogP contribution in [0.3, 0.4) is 0 Å². The lowest BCUT2D eigenvalue weighted by Crippen LogP contribution is -2.35. The van der Waals surface area contributed by atoms with Crippen molar-refractivity contribution in [1.29, 1.82) is 0 Å². The van der Waals surface area contributed by atoms with Gasteiger partial charge in [0.1, 0.15) is 0 Å². The van der Waals surface area contributed by atoms with E-state index in [9.17, 15) is 8.42 Å². The molecule has 2 aromatic rings. The van der Waals surface area contributed by atoms with Crippen molar-refractivity contribution < 1.29 is 13.2 Å². The second-order valence-electron chi connectivity index (χ2n) is 6.15. The minimum absolute atomic E-state index is 0.00593. The lowest BCUT2D eigenvalue weighted by Gasteiger charge is -2.24. The SMILES string of the molecule is CCCc1cccc(CS(=O)(=O)N(CC2CO2)c2ccccc2)c1. The molecule has 0 saturated carbocycles. The first-order valence-corrected chi connectivity index (χ1v) is 9.94. The van der Waals surface area contributed by atoms with Gasteiger partial charge in [-0.25, -0.2) is 8.42 Å². The molecule has 0 spiro atoms. The van der Waals surface area contributed by atoms with E-state index in [2.05, 4.69) is 6.92 Å². The molecule has 5 heteroatoms. The Balaban J connectivity index is 1.84. The molecule has 1 aliphatic heterocycles. The third-order valence-corrected chi connectivity index (χ3v) is 5.76. The number of ether oxygens (including phenoxy) is 1. The van der Waals surface area contributed by atoms with Gasteiger partial charge in [0.2, 0.25) is 10.0 Å². The molecule has 0 aromatic heterocycles. The molecular weight excluding hydrogens is 322 g/mol. The summed E-state index contributed by atoms with van der Waals surface area (Å²) < 4.78 is 32.7. The predicted octanol–water partition coefficient (Wildman–Crippen LogP) is 3.37. The number of sulfonamides is 1. The van der Waals surface area contributed by atoms with Gasteiger partial charge in [-0.2, -0.15) is 0 Å². The summed E-state index contributed by atoms with van der Waals surface area (Å²) in [4.78, 5) is 0. The predicted molar refractivity (Wildman–Crippen MR) is 96.6 cm³/mol. The molecule has 1 unspecified atom stereocenters. The van der Waals surface area contributed by atoms with E-state index in [4.69, 9.17) is 4.74 Å². The van der Waals surface area contributed by atoms with Crippen LogP contribution in [-0.4, -0.2) is 27.7 Å². The maximum Gasteiger partial charge on any atom is 0.239 e. The van der Waals surface area contributed by atoms with E-state index in [-0.39, 0.29) is 11.9 Å². The number of epoxide rings is 1. The van der Waals surface area contributed by atoms with Crippen molar-refractivity contribution >= 4 is 15.7 Å². The molecule has 1 saturated heterocycles. The molecule has 1 heterocycles. The molecule has 4 nitrogen and oxygen atoms in total. The highest BCUT2D eigenvalue weighted by atomic mass is 32.2. The first kappa shape index (κ1) is 17.0. The van der Waals surface area contributed by atoms with Crippen molar-refractivity contribution in [2.75, 3.05) is 17.5 Å². The zero-order chi connectivity index (χ0) is 17.0. The van der Waals surface area contributed by atoms with Gasteiger partial charge < -0.3 is 4.74 Å². The molecule has 1 atom stereocenters. The Bertz CT molecular complexity index is 770. The van der Waals surface area contributed by atoms with Crippen LogP contribution in [0.2, 0.25) is 0 Å². The summed E-state index contributed by atoms with van der Waals surface area (Å²) in [5.41, 5.74) is 2.71. The van der Waals surface area contributed by atoms with Crippen LogP contribution in [-0.2, 0) is 26.9 Å². The highest BCUT2D eigenvalue weighted by Gasteiger charge is 2.32. The summed E-state index contributed by atoms with van der Waals surface area (Å²) in [7, 11) is -3.46. The van der Waals surface area contributed by atoms with Crippen LogP contribution >= 0.6 is 0 Å². The number of hydrogen-bond donors (Lipinski definition) is 0. The van der Waals surface area contributed by atoms with Gasteiger partial charge in [-0.05, 0) is 29.7 Å². The average Bonchev–Trinajstić information content (AvgIpc) is 3.38. The van der Waals surface area contributed by atoms with E-state index >= 15 is 0 Å². The van der Waals surface area contributed by atoms with Crippen LogP contribution in [0, 0.1) is 0 Å². The van der Waals surface area contributed by atoms with E-state index in [0.717, 1.165) is 18.4 Å². The standard InChI is InChI=1S/C19H23NO3S/c1-2-7-16-8-6-9-17(12-16)15-24(21,22)20(13-19-14-23-19)18-10-4-3-5-11-18/h3-6,8-12,19H,2,7,13-15H2,1H3. The highest BCUT2D eigenvalue weighted by molar-refractivity contribution is 7.92. The Kier molecular flexibility index (Phi) is 5.21. The molecule has 0 aliphatic carbocycles. The third-order valence-electron chi connectivity index (χ3n) is 4.03. The van der Waals surface area contributed by atoms with E-state index in [0.29, 0.717) is 18.8 Å². The number of nitrogens with zero attached hydrogens (tertiary/aromatic N) is 1. The maximum atomic E-state index is 13.0. The zero-order valence-corrected chi connectivity index (χ0v) is 14.7. The minimum Gasteiger partial charge on any atom is -0.371 e. The van der Waals surface area contributed by atoms with Crippen molar-refractivity contribution in [1.82, 2.24) is 0 Å². The van der Waals surface area contributed by atoms with E-state index in [1.165, 1.54) is 9.87 Å². The summed E-state index contributed by atoms with van der Waals surface area (Å²) in [5.74, 6) is 0.00612. The van der Waals surface area contributed by atoms with Crippen molar-refractivity contribution in [3.63, 3.8) is 0 Å². The number of benzene rings is 2. The summed E-state index contributed by atoms with van der Waals surface area (Å²) >= 11 is 0. The number of anilines is 1. The molecule has 0 radical (unpaired) electrons. The molecule has 1 aliphatic rings. The van der Waals surface area contributed by atoms with Gasteiger partial charge in [0.15, 0.2) is 0 Å². The molecule has 2 aromatic carbocycles. The summed E-state index contributed by atoms with van der Waals surface area (Å²) in [6, 6.07) is 17.1. The van der Waals surface area contributed by atoms with Gasteiger partial charge in [-0.15, -0.1) is 0 Å². The minimum atomic E-state index is -3.46. The number of para-hydroxylation sites is 1. The lowest BCUT2D eigenvalue weighted by molar-refractivity contribution is 0.412. The van der Waals surface area contributed by atoms with E-state index < -0.39 is 10.0 Å². The smallest absolute Gasteiger partial charge is 0.239 e. The lowest BCUT2D eigenvalue weighted by atomic mass is 10.1. The molecule has 128 valence electrons. The quantitative estimate of drug-likeness (QED) is 0.689. The fourth-order valence-electron chi connectivity index (χ4n) is 2.78. The first-order valence-electron chi connectivity index (χ1n) is 8.33. The van der Waals surface area contributed by atoms with Crippen LogP contribution in [0.5, 0.6) is 0 Å². The molecule has 0 bridgehead atoms. The summed E-state index contributed by atoms with van der Waals surface area (Å²) in [6.45, 7) is 3.13. The molecule has 0 N–H and O–H groups in total. The van der Waals surface area contributed by atoms with Gasteiger partial charge in [0, 0.05) is 0 Å². The summed E-state index contributed by atoms with van der Waals surface area (Å²) in [5, 5.41) is 0. The summed E-state index contributed by atoms with van der Waals surface area (Å²) in [6.07, 6.45) is 2.02. The average molecular weight is 345 g/mol. The van der Waals surface area contributed by atoms with Crippen molar-refractivity contribution in [3.05, 3.63) is 65.7 Å². The van der Waals surface area contributed by atoms with E-state index in [1.807, 2.05) is 54.6 Å². The molecule has 24 heavy (non-hydrogen) atoms. The Morgan fingerprint density at radius 3 is 2.46 bits per heavy atom. The Hall–Kier alpha value is -1.85. The fraction of sp³-hybridized carbons (Fsp3) is 0.368. The highest BCUT2D eigenvalue weighted by Crippen LogP contribution is 2.24. The number of rotatable bonds is 8. The van der Waals surface area contributed by atoms with Gasteiger partial charge in [0.05, 0.1) is 30.7 Å². The number of aryl methyl sites for hydroxylation is 1. The molecule has 3 rings (SSSR count). The van der Waals surface area contributed by atoms with Crippen LogP contribution in [0.25, 0.3) is 0 Å². The first-order chi connectivity index (χ1) is 11.6. The number of hydrogen-bond acceptors (Lipinski definition) is 3. The Labute approximate surface area is 144 Å². The molecule has 0 amide bonds. The normalized spacial score (nSPS) is 16.8. The Morgan fingerprint density at radius 2 is 1.79 bits per heavy atom. The third kappa shape index (κ3) is 4.36. The van der Waals surface area contributed by atoms with Gasteiger partial charge in [-0.3, -0.25) is 4.31 Å². The monoisotopic (exact) mass is 345 g/mol. The van der Waals surface area contributed by atoms with Crippen LogP contribution in [0.15, 0.2) is 54.6 Å². The van der Waals surface area contributed by atoms with Crippen LogP contribution < -0.4 is 4.31 Å². The van der Waals surface area contributed by atoms with Crippen molar-refractivity contribution in [2.45, 2.75) is 31.6 Å². The largest absolute Gasteiger partial charge is 0.371 e. The van der Waals surface area contributed by atoms with Crippen LogP contribution in [0.4, 0.5) is 5.69 Å².